The van der Waals surface area contributed by atoms with E-state index in [1.165, 1.54) is 11.8 Å². The first-order valence-electron chi connectivity index (χ1n) is 8.63. The van der Waals surface area contributed by atoms with Gasteiger partial charge in [-0.15, -0.1) is 0 Å². The van der Waals surface area contributed by atoms with E-state index >= 15 is 0 Å². The Hall–Kier alpha value is -2.34. The Morgan fingerprint density at radius 2 is 1.92 bits per heavy atom. The molecule has 0 spiro atoms. The molecule has 138 valence electrons. The summed E-state index contributed by atoms with van der Waals surface area (Å²) in [6.45, 7) is 4.08. The molecule has 2 aromatic rings. The van der Waals surface area contributed by atoms with E-state index in [1.54, 1.807) is 19.3 Å². The fraction of sp³-hybridized carbons (Fsp3) is 0.350. The lowest BCUT2D eigenvalue weighted by molar-refractivity contribution is -0.109. The van der Waals surface area contributed by atoms with Crippen LogP contribution in [0.4, 0.5) is 4.79 Å². The Morgan fingerprint density at radius 1 is 1.15 bits per heavy atom. The van der Waals surface area contributed by atoms with Crippen molar-refractivity contribution in [2.75, 3.05) is 12.3 Å². The number of nitrogens with one attached hydrogen (secondary N) is 2. The van der Waals surface area contributed by atoms with Crippen LogP contribution >= 0.6 is 11.8 Å². The second-order valence-electron chi connectivity index (χ2n) is 6.28. The number of nitrogens with zero attached hydrogens (tertiary/aromatic N) is 1. The van der Waals surface area contributed by atoms with E-state index < -0.39 is 5.54 Å². The molecule has 0 aliphatic rings. The number of carbonyl (C=O) groups excluding carboxylic acids is 2. The molecule has 0 bridgehead atoms. The van der Waals surface area contributed by atoms with Crippen LogP contribution in [0.1, 0.15) is 31.4 Å². The number of urea groups is 1. The van der Waals surface area contributed by atoms with Crippen molar-refractivity contribution < 1.29 is 9.59 Å². The minimum Gasteiger partial charge on any atom is -0.338 e. The molecule has 0 saturated heterocycles. The molecule has 2 rings (SSSR count). The SMILES string of the molecule is CC(=O)SCCC(C)(NC(=O)NCCc1cccnc1)c1ccccc1. The summed E-state index contributed by atoms with van der Waals surface area (Å²) in [5, 5.41) is 6.07. The van der Waals surface area contributed by atoms with Crippen LogP contribution in [0.2, 0.25) is 0 Å². The summed E-state index contributed by atoms with van der Waals surface area (Å²) in [6.07, 6.45) is 4.92. The minimum atomic E-state index is -0.540. The highest BCUT2D eigenvalue weighted by Gasteiger charge is 2.28. The molecule has 2 N–H and O–H groups in total. The third kappa shape index (κ3) is 6.52. The van der Waals surface area contributed by atoms with Gasteiger partial charge in [-0.25, -0.2) is 4.79 Å². The van der Waals surface area contributed by atoms with Gasteiger partial charge in [0, 0.05) is 31.6 Å². The van der Waals surface area contributed by atoms with Gasteiger partial charge in [0.05, 0.1) is 5.54 Å². The van der Waals surface area contributed by atoms with Crippen molar-refractivity contribution in [3.05, 3.63) is 66.0 Å². The highest BCUT2D eigenvalue weighted by atomic mass is 32.2. The quantitative estimate of drug-likeness (QED) is 0.745. The monoisotopic (exact) mass is 371 g/mol. The first-order valence-corrected chi connectivity index (χ1v) is 9.62. The number of benzene rings is 1. The molecule has 5 nitrogen and oxygen atoms in total. The van der Waals surface area contributed by atoms with Crippen LogP contribution in [0.3, 0.4) is 0 Å². The number of carbonyl (C=O) groups is 2. The highest BCUT2D eigenvalue weighted by molar-refractivity contribution is 8.13. The Morgan fingerprint density at radius 3 is 2.58 bits per heavy atom. The topological polar surface area (TPSA) is 71.1 Å². The maximum absolute atomic E-state index is 12.4. The number of pyridine rings is 1. The van der Waals surface area contributed by atoms with Crippen LogP contribution in [0.25, 0.3) is 0 Å². The second kappa shape index (κ2) is 9.97. The lowest BCUT2D eigenvalue weighted by Gasteiger charge is -2.31. The molecule has 0 radical (unpaired) electrons. The molecule has 1 unspecified atom stereocenters. The summed E-state index contributed by atoms with van der Waals surface area (Å²) in [7, 11) is 0. The van der Waals surface area contributed by atoms with Crippen LogP contribution in [0, 0.1) is 0 Å². The second-order valence-corrected chi connectivity index (χ2v) is 7.55. The molecule has 0 aliphatic heterocycles. The zero-order chi connectivity index (χ0) is 18.8. The summed E-state index contributed by atoms with van der Waals surface area (Å²) in [5.74, 6) is 0.649. The highest BCUT2D eigenvalue weighted by Crippen LogP contribution is 2.26. The van der Waals surface area contributed by atoms with Gasteiger partial charge in [-0.05, 0) is 37.0 Å². The third-order valence-corrected chi connectivity index (χ3v) is 4.94. The van der Waals surface area contributed by atoms with Crippen molar-refractivity contribution in [3.8, 4) is 0 Å². The van der Waals surface area contributed by atoms with Crippen molar-refractivity contribution in [2.45, 2.75) is 32.2 Å². The van der Waals surface area contributed by atoms with Crippen LogP contribution in [-0.4, -0.2) is 28.4 Å². The zero-order valence-electron chi connectivity index (χ0n) is 15.2. The standard InChI is InChI=1S/C20H25N3O2S/c1-16(24)26-14-11-20(2,18-8-4-3-5-9-18)23-19(25)22-13-10-17-7-6-12-21-15-17/h3-9,12,15H,10-11,13-14H2,1-2H3,(H2,22,23,25). The maximum Gasteiger partial charge on any atom is 0.315 e. The molecule has 0 saturated carbocycles. The van der Waals surface area contributed by atoms with Crippen LogP contribution in [-0.2, 0) is 16.8 Å². The summed E-state index contributed by atoms with van der Waals surface area (Å²) < 4.78 is 0. The predicted octanol–water partition coefficient (Wildman–Crippen LogP) is 3.51. The lowest BCUT2D eigenvalue weighted by Crippen LogP contribution is -2.49. The average Bonchev–Trinajstić information content (AvgIpc) is 2.63. The van der Waals surface area contributed by atoms with Crippen molar-refractivity contribution in [1.82, 2.24) is 15.6 Å². The van der Waals surface area contributed by atoms with E-state index in [0.717, 1.165) is 17.5 Å². The summed E-state index contributed by atoms with van der Waals surface area (Å²) in [5.41, 5.74) is 1.56. The lowest BCUT2D eigenvalue weighted by atomic mass is 9.89. The smallest absolute Gasteiger partial charge is 0.315 e. The Balaban J connectivity index is 1.94. The van der Waals surface area contributed by atoms with Gasteiger partial charge in [0.1, 0.15) is 0 Å². The number of thioether (sulfide) groups is 1. The van der Waals surface area contributed by atoms with Crippen molar-refractivity contribution in [3.63, 3.8) is 0 Å². The molecular formula is C20H25N3O2S. The van der Waals surface area contributed by atoms with Gasteiger partial charge in [-0.2, -0.15) is 0 Å². The van der Waals surface area contributed by atoms with E-state index in [1.807, 2.05) is 49.4 Å². The van der Waals surface area contributed by atoms with Crippen LogP contribution in [0.5, 0.6) is 0 Å². The van der Waals surface area contributed by atoms with E-state index in [2.05, 4.69) is 15.6 Å². The molecule has 1 aromatic carbocycles. The van der Waals surface area contributed by atoms with E-state index in [4.69, 9.17) is 0 Å². The molecule has 0 aliphatic carbocycles. The summed E-state index contributed by atoms with van der Waals surface area (Å²) in [4.78, 5) is 27.7. The molecule has 0 fully saturated rings. The van der Waals surface area contributed by atoms with Gasteiger partial charge < -0.3 is 10.6 Å². The normalized spacial score (nSPS) is 12.8. The average molecular weight is 372 g/mol. The van der Waals surface area contributed by atoms with Gasteiger partial charge in [-0.1, -0.05) is 48.2 Å². The van der Waals surface area contributed by atoms with Crippen molar-refractivity contribution >= 4 is 22.9 Å². The fourth-order valence-corrected chi connectivity index (χ4v) is 3.44. The minimum absolute atomic E-state index is 0.0846. The number of amides is 2. The van der Waals surface area contributed by atoms with Crippen LogP contribution < -0.4 is 10.6 Å². The molecule has 2 amide bonds. The van der Waals surface area contributed by atoms with Gasteiger partial charge in [0.2, 0.25) is 0 Å². The molecule has 1 heterocycles. The van der Waals surface area contributed by atoms with Gasteiger partial charge in [-0.3, -0.25) is 9.78 Å². The Kier molecular flexibility index (Phi) is 7.66. The number of hydrogen-bond acceptors (Lipinski definition) is 4. The van der Waals surface area contributed by atoms with E-state index in [0.29, 0.717) is 18.7 Å². The Labute approximate surface area is 159 Å². The van der Waals surface area contributed by atoms with Crippen LogP contribution in [0.15, 0.2) is 54.9 Å². The first kappa shape index (κ1) is 20.0. The fourth-order valence-electron chi connectivity index (χ4n) is 2.65. The van der Waals surface area contributed by atoms with Gasteiger partial charge in [0.15, 0.2) is 5.12 Å². The Bertz CT molecular complexity index is 710. The molecular weight excluding hydrogens is 346 g/mol. The van der Waals surface area contributed by atoms with E-state index in [-0.39, 0.29) is 11.1 Å². The predicted molar refractivity (Wildman–Crippen MR) is 106 cm³/mol. The zero-order valence-corrected chi connectivity index (χ0v) is 16.0. The first-order chi connectivity index (χ1) is 12.5. The molecule has 1 aromatic heterocycles. The van der Waals surface area contributed by atoms with Gasteiger partial charge >= 0.3 is 6.03 Å². The molecule has 6 heteroatoms. The van der Waals surface area contributed by atoms with E-state index in [9.17, 15) is 9.59 Å². The largest absolute Gasteiger partial charge is 0.338 e. The molecule has 1 atom stereocenters. The number of rotatable bonds is 8. The van der Waals surface area contributed by atoms with Crippen molar-refractivity contribution in [2.24, 2.45) is 0 Å². The van der Waals surface area contributed by atoms with Gasteiger partial charge in [0.25, 0.3) is 0 Å². The van der Waals surface area contributed by atoms with Crippen molar-refractivity contribution in [1.29, 1.82) is 0 Å². The third-order valence-electron chi connectivity index (χ3n) is 4.13. The number of aromatic nitrogens is 1. The maximum atomic E-state index is 12.4. The number of hydrogen-bond donors (Lipinski definition) is 2. The molecule has 26 heavy (non-hydrogen) atoms. The summed E-state index contributed by atoms with van der Waals surface area (Å²) >= 11 is 1.28. The summed E-state index contributed by atoms with van der Waals surface area (Å²) in [6, 6.07) is 13.5.